The standard InChI is InChI=1S/C8H9NO2.C6H7N/c9-8(10)11-6-7-4-2-1-3-5-7;7-6-4-2-1-3-5-6/h1-5H,6H2,(H2,9,10);1-5H,7H2. The second kappa shape index (κ2) is 7.73. The third-order valence-corrected chi connectivity index (χ3v) is 2.02. The van der Waals surface area contributed by atoms with Gasteiger partial charge in [-0.25, -0.2) is 4.79 Å². The van der Waals surface area contributed by atoms with E-state index in [1.165, 1.54) is 0 Å². The molecule has 2 aromatic rings. The van der Waals surface area contributed by atoms with Crippen molar-refractivity contribution in [2.75, 3.05) is 5.73 Å². The largest absolute Gasteiger partial charge is 0.445 e. The molecule has 0 unspecified atom stereocenters. The number of amides is 1. The third kappa shape index (κ3) is 6.17. The zero-order chi connectivity index (χ0) is 13.2. The van der Waals surface area contributed by atoms with Gasteiger partial charge in [-0.3, -0.25) is 0 Å². The third-order valence-electron chi connectivity index (χ3n) is 2.02. The average Bonchev–Trinajstić information content (AvgIpc) is 2.39. The second-order valence-corrected chi connectivity index (χ2v) is 3.50. The van der Waals surface area contributed by atoms with Gasteiger partial charge in [0.15, 0.2) is 0 Å². The highest BCUT2D eigenvalue weighted by Crippen LogP contribution is 1.99. The first-order chi connectivity index (χ1) is 8.68. The molecular formula is C14H16N2O2. The van der Waals surface area contributed by atoms with Crippen molar-refractivity contribution in [2.24, 2.45) is 5.73 Å². The van der Waals surface area contributed by atoms with Crippen LogP contribution >= 0.6 is 0 Å². The number of primary amides is 1. The molecule has 4 nitrogen and oxygen atoms in total. The van der Waals surface area contributed by atoms with Crippen LogP contribution in [0.4, 0.5) is 10.5 Å². The first-order valence-electron chi connectivity index (χ1n) is 5.45. The summed E-state index contributed by atoms with van der Waals surface area (Å²) in [6.07, 6.45) is -0.742. The van der Waals surface area contributed by atoms with E-state index in [9.17, 15) is 4.79 Å². The van der Waals surface area contributed by atoms with Crippen molar-refractivity contribution in [3.8, 4) is 0 Å². The lowest BCUT2D eigenvalue weighted by Crippen LogP contribution is -2.12. The van der Waals surface area contributed by atoms with Gasteiger partial charge in [-0.05, 0) is 17.7 Å². The number of para-hydroxylation sites is 1. The quantitative estimate of drug-likeness (QED) is 0.797. The van der Waals surface area contributed by atoms with Crippen molar-refractivity contribution in [2.45, 2.75) is 6.61 Å². The summed E-state index contributed by atoms with van der Waals surface area (Å²) < 4.78 is 4.57. The summed E-state index contributed by atoms with van der Waals surface area (Å²) in [6.45, 7) is 0.246. The Balaban J connectivity index is 0.000000199. The Labute approximate surface area is 106 Å². The normalized spacial score (nSPS) is 8.89. The lowest BCUT2D eigenvalue weighted by atomic mass is 10.2. The number of anilines is 1. The van der Waals surface area contributed by atoms with Crippen LogP contribution < -0.4 is 11.5 Å². The van der Waals surface area contributed by atoms with Crippen molar-refractivity contribution in [1.82, 2.24) is 0 Å². The highest BCUT2D eigenvalue weighted by molar-refractivity contribution is 5.64. The fourth-order valence-corrected chi connectivity index (χ4v) is 1.18. The van der Waals surface area contributed by atoms with Crippen molar-refractivity contribution >= 4 is 11.8 Å². The van der Waals surface area contributed by atoms with E-state index in [1.54, 1.807) is 0 Å². The minimum Gasteiger partial charge on any atom is -0.445 e. The number of carbonyl (C=O) groups excluding carboxylic acids is 1. The van der Waals surface area contributed by atoms with Crippen LogP contribution in [0.1, 0.15) is 5.56 Å². The number of nitrogen functional groups attached to an aromatic ring is 1. The van der Waals surface area contributed by atoms with Crippen LogP contribution in [0.15, 0.2) is 60.7 Å². The van der Waals surface area contributed by atoms with Crippen LogP contribution in [-0.4, -0.2) is 6.09 Å². The first-order valence-corrected chi connectivity index (χ1v) is 5.45. The molecule has 0 aromatic heterocycles. The molecule has 94 valence electrons. The summed E-state index contributed by atoms with van der Waals surface area (Å²) in [5, 5.41) is 0. The molecule has 0 bridgehead atoms. The molecular weight excluding hydrogens is 228 g/mol. The maximum absolute atomic E-state index is 10.2. The maximum atomic E-state index is 10.2. The molecule has 0 atom stereocenters. The molecule has 0 aliphatic carbocycles. The van der Waals surface area contributed by atoms with Crippen molar-refractivity contribution in [3.63, 3.8) is 0 Å². The summed E-state index contributed by atoms with van der Waals surface area (Å²) in [6, 6.07) is 18.9. The van der Waals surface area contributed by atoms with E-state index in [0.29, 0.717) is 0 Å². The number of ether oxygens (including phenoxy) is 1. The van der Waals surface area contributed by atoms with Crippen LogP contribution in [0, 0.1) is 0 Å². The number of benzene rings is 2. The van der Waals surface area contributed by atoms with E-state index in [0.717, 1.165) is 11.3 Å². The molecule has 0 saturated heterocycles. The van der Waals surface area contributed by atoms with Gasteiger partial charge in [0.05, 0.1) is 0 Å². The molecule has 0 spiro atoms. The molecule has 0 aliphatic rings. The van der Waals surface area contributed by atoms with E-state index in [1.807, 2.05) is 60.7 Å². The van der Waals surface area contributed by atoms with Crippen LogP contribution in [0.5, 0.6) is 0 Å². The predicted octanol–water partition coefficient (Wildman–Crippen LogP) is 2.55. The van der Waals surface area contributed by atoms with Crippen LogP contribution in [0.3, 0.4) is 0 Å². The van der Waals surface area contributed by atoms with Crippen LogP contribution in [0.25, 0.3) is 0 Å². The second-order valence-electron chi connectivity index (χ2n) is 3.50. The minimum absolute atomic E-state index is 0.246. The Hall–Kier alpha value is -2.49. The Kier molecular flexibility index (Phi) is 5.83. The lowest BCUT2D eigenvalue weighted by Gasteiger charge is -1.99. The smallest absolute Gasteiger partial charge is 0.404 e. The molecule has 18 heavy (non-hydrogen) atoms. The van der Waals surface area contributed by atoms with Crippen LogP contribution in [0.2, 0.25) is 0 Å². The highest BCUT2D eigenvalue weighted by Gasteiger charge is 1.93. The molecule has 4 N–H and O–H groups in total. The van der Waals surface area contributed by atoms with E-state index in [4.69, 9.17) is 11.5 Å². The van der Waals surface area contributed by atoms with Crippen molar-refractivity contribution in [3.05, 3.63) is 66.2 Å². The number of hydrogen-bond acceptors (Lipinski definition) is 3. The Bertz CT molecular complexity index is 458. The molecule has 0 fully saturated rings. The summed E-state index contributed by atoms with van der Waals surface area (Å²) in [5.41, 5.74) is 11.9. The molecule has 2 aromatic carbocycles. The number of rotatable bonds is 2. The number of hydrogen-bond donors (Lipinski definition) is 2. The SMILES string of the molecule is NC(=O)OCc1ccccc1.Nc1ccccc1. The van der Waals surface area contributed by atoms with Gasteiger partial charge < -0.3 is 16.2 Å². The molecule has 0 saturated carbocycles. The summed E-state index contributed by atoms with van der Waals surface area (Å²) in [7, 11) is 0. The van der Waals surface area contributed by atoms with E-state index < -0.39 is 6.09 Å². The topological polar surface area (TPSA) is 78.3 Å². The van der Waals surface area contributed by atoms with Gasteiger partial charge in [0, 0.05) is 5.69 Å². The first kappa shape index (κ1) is 13.6. The maximum Gasteiger partial charge on any atom is 0.404 e. The van der Waals surface area contributed by atoms with Gasteiger partial charge in [0.25, 0.3) is 0 Å². The fourth-order valence-electron chi connectivity index (χ4n) is 1.18. The van der Waals surface area contributed by atoms with E-state index in [-0.39, 0.29) is 6.61 Å². The van der Waals surface area contributed by atoms with Crippen molar-refractivity contribution < 1.29 is 9.53 Å². The van der Waals surface area contributed by atoms with Gasteiger partial charge in [0.2, 0.25) is 0 Å². The molecule has 1 amide bonds. The Morgan fingerprint density at radius 1 is 0.944 bits per heavy atom. The predicted molar refractivity (Wildman–Crippen MR) is 71.7 cm³/mol. The zero-order valence-corrected chi connectivity index (χ0v) is 9.95. The van der Waals surface area contributed by atoms with Gasteiger partial charge in [-0.2, -0.15) is 0 Å². The molecule has 0 heterocycles. The monoisotopic (exact) mass is 244 g/mol. The highest BCUT2D eigenvalue weighted by atomic mass is 16.5. The Morgan fingerprint density at radius 2 is 1.44 bits per heavy atom. The van der Waals surface area contributed by atoms with Crippen molar-refractivity contribution in [1.29, 1.82) is 0 Å². The van der Waals surface area contributed by atoms with E-state index >= 15 is 0 Å². The molecule has 4 heteroatoms. The summed E-state index contributed by atoms with van der Waals surface area (Å²) in [5.74, 6) is 0. The van der Waals surface area contributed by atoms with Gasteiger partial charge in [-0.15, -0.1) is 0 Å². The van der Waals surface area contributed by atoms with Gasteiger partial charge in [-0.1, -0.05) is 48.5 Å². The summed E-state index contributed by atoms with van der Waals surface area (Å²) >= 11 is 0. The Morgan fingerprint density at radius 3 is 1.83 bits per heavy atom. The molecule has 2 rings (SSSR count). The number of nitrogens with two attached hydrogens (primary N) is 2. The lowest BCUT2D eigenvalue weighted by molar-refractivity contribution is 0.150. The zero-order valence-electron chi connectivity index (χ0n) is 9.95. The summed E-state index contributed by atoms with van der Waals surface area (Å²) in [4.78, 5) is 10.2. The van der Waals surface area contributed by atoms with Gasteiger partial charge in [0.1, 0.15) is 6.61 Å². The minimum atomic E-state index is -0.742. The van der Waals surface area contributed by atoms with Gasteiger partial charge >= 0.3 is 6.09 Å². The average molecular weight is 244 g/mol. The van der Waals surface area contributed by atoms with Crippen LogP contribution in [-0.2, 0) is 11.3 Å². The molecule has 0 aliphatic heterocycles. The number of carbonyl (C=O) groups is 1. The fraction of sp³-hybridized carbons (Fsp3) is 0.0714. The molecule has 0 radical (unpaired) electrons. The van der Waals surface area contributed by atoms with E-state index in [2.05, 4.69) is 4.74 Å².